The summed E-state index contributed by atoms with van der Waals surface area (Å²) in [5, 5.41) is 9.75. The Labute approximate surface area is 121 Å². The summed E-state index contributed by atoms with van der Waals surface area (Å²) in [5.41, 5.74) is 2.06. The van der Waals surface area contributed by atoms with Crippen LogP contribution in [0.15, 0.2) is 65.1 Å². The first kappa shape index (κ1) is 12.9. The van der Waals surface area contributed by atoms with E-state index >= 15 is 0 Å². The van der Waals surface area contributed by atoms with Crippen LogP contribution in [0.3, 0.4) is 0 Å². The Morgan fingerprint density at radius 2 is 1.95 bits per heavy atom. The van der Waals surface area contributed by atoms with Gasteiger partial charge in [0, 0.05) is 5.39 Å². The maximum atomic E-state index is 12.1. The van der Waals surface area contributed by atoms with E-state index in [1.807, 2.05) is 30.3 Å². The highest BCUT2D eigenvalue weighted by molar-refractivity contribution is 6.06. The number of furan rings is 1. The Balaban J connectivity index is 1.85. The van der Waals surface area contributed by atoms with Crippen molar-refractivity contribution in [3.63, 3.8) is 0 Å². The van der Waals surface area contributed by atoms with Gasteiger partial charge < -0.3 is 4.42 Å². The van der Waals surface area contributed by atoms with Crippen molar-refractivity contribution in [1.29, 1.82) is 5.26 Å². The van der Waals surface area contributed by atoms with Crippen LogP contribution in [0.5, 0.6) is 0 Å². The maximum absolute atomic E-state index is 12.1. The number of carbonyl (C=O) groups is 1. The number of allylic oxidation sites excluding steroid dienone is 1. The highest BCUT2D eigenvalue weighted by atomic mass is 16.3. The van der Waals surface area contributed by atoms with Crippen LogP contribution in [-0.2, 0) is 0 Å². The largest absolute Gasteiger partial charge is 0.453 e. The van der Waals surface area contributed by atoms with Gasteiger partial charge in [-0.15, -0.1) is 0 Å². The lowest BCUT2D eigenvalue weighted by atomic mass is 10.1. The van der Waals surface area contributed by atoms with Crippen molar-refractivity contribution in [1.82, 2.24) is 0 Å². The van der Waals surface area contributed by atoms with Gasteiger partial charge in [-0.25, -0.2) is 0 Å². The van der Waals surface area contributed by atoms with Gasteiger partial charge >= 0.3 is 0 Å². The number of rotatable bonds is 3. The molecule has 3 heteroatoms. The molecule has 0 fully saturated rings. The predicted octanol–water partition coefficient (Wildman–Crippen LogP) is 4.20. The van der Waals surface area contributed by atoms with Crippen LogP contribution >= 0.6 is 0 Å². The van der Waals surface area contributed by atoms with Gasteiger partial charge in [-0.3, -0.25) is 4.79 Å². The molecule has 0 aliphatic carbocycles. The average Bonchev–Trinajstić information content (AvgIpc) is 2.97. The topological polar surface area (TPSA) is 54.0 Å². The van der Waals surface area contributed by atoms with Crippen molar-refractivity contribution in [2.24, 2.45) is 0 Å². The van der Waals surface area contributed by atoms with Crippen LogP contribution < -0.4 is 0 Å². The van der Waals surface area contributed by atoms with Crippen LogP contribution in [0.4, 0.5) is 0 Å². The molecular formula is C18H11NO2. The van der Waals surface area contributed by atoms with Crippen LogP contribution in [0, 0.1) is 11.3 Å². The van der Waals surface area contributed by atoms with Gasteiger partial charge in [0.2, 0.25) is 5.78 Å². The Kier molecular flexibility index (Phi) is 3.36. The number of carbonyl (C=O) groups excluding carboxylic acids is 1. The summed E-state index contributed by atoms with van der Waals surface area (Å²) in [6.07, 6.45) is 3.13. The van der Waals surface area contributed by atoms with Gasteiger partial charge in [-0.05, 0) is 35.9 Å². The molecular weight excluding hydrogens is 262 g/mol. The molecule has 3 rings (SSSR count). The lowest BCUT2D eigenvalue weighted by molar-refractivity contribution is 0.102. The van der Waals surface area contributed by atoms with Gasteiger partial charge in [-0.2, -0.15) is 5.26 Å². The molecule has 1 heterocycles. The minimum atomic E-state index is -0.200. The molecule has 0 unspecified atom stereocenters. The predicted molar refractivity (Wildman–Crippen MR) is 80.7 cm³/mol. The standard InChI is InChI=1S/C18H11NO2/c19-12-14-5-3-4-13(10-14)8-9-16(20)18-11-15-6-1-2-7-17(15)21-18/h1-11H/b9-8+. The average molecular weight is 273 g/mol. The van der Waals surface area contributed by atoms with Crippen LogP contribution in [0.1, 0.15) is 21.7 Å². The number of benzene rings is 2. The Morgan fingerprint density at radius 3 is 2.76 bits per heavy atom. The zero-order valence-corrected chi connectivity index (χ0v) is 11.1. The summed E-state index contributed by atoms with van der Waals surface area (Å²) in [7, 11) is 0. The van der Waals surface area contributed by atoms with Crippen molar-refractivity contribution >= 4 is 22.8 Å². The monoisotopic (exact) mass is 273 g/mol. The van der Waals surface area contributed by atoms with Crippen LogP contribution in [-0.4, -0.2) is 5.78 Å². The summed E-state index contributed by atoms with van der Waals surface area (Å²) in [5.74, 6) is 0.109. The summed E-state index contributed by atoms with van der Waals surface area (Å²) >= 11 is 0. The third-order valence-corrected chi connectivity index (χ3v) is 3.11. The van der Waals surface area contributed by atoms with Crippen molar-refractivity contribution < 1.29 is 9.21 Å². The fourth-order valence-corrected chi connectivity index (χ4v) is 2.07. The van der Waals surface area contributed by atoms with E-state index in [0.29, 0.717) is 16.9 Å². The first-order valence-electron chi connectivity index (χ1n) is 6.47. The van der Waals surface area contributed by atoms with Crippen molar-refractivity contribution in [3.8, 4) is 6.07 Å². The smallest absolute Gasteiger partial charge is 0.221 e. The van der Waals surface area contributed by atoms with E-state index in [-0.39, 0.29) is 5.78 Å². The third-order valence-electron chi connectivity index (χ3n) is 3.11. The van der Waals surface area contributed by atoms with Gasteiger partial charge in [0.1, 0.15) is 5.58 Å². The SMILES string of the molecule is N#Cc1cccc(/C=C/C(=O)c2cc3ccccc3o2)c1. The molecule has 0 bridgehead atoms. The Morgan fingerprint density at radius 1 is 1.10 bits per heavy atom. The number of para-hydroxylation sites is 1. The van der Waals surface area contributed by atoms with Crippen molar-refractivity contribution in [3.05, 3.63) is 77.6 Å². The van der Waals surface area contributed by atoms with Gasteiger partial charge in [-0.1, -0.05) is 36.4 Å². The van der Waals surface area contributed by atoms with E-state index in [1.165, 1.54) is 6.08 Å². The fraction of sp³-hybridized carbons (Fsp3) is 0. The molecule has 0 saturated heterocycles. The number of hydrogen-bond acceptors (Lipinski definition) is 3. The minimum Gasteiger partial charge on any atom is -0.453 e. The quantitative estimate of drug-likeness (QED) is 0.531. The van der Waals surface area contributed by atoms with E-state index in [2.05, 4.69) is 6.07 Å². The lowest BCUT2D eigenvalue weighted by Gasteiger charge is -1.93. The minimum absolute atomic E-state index is 0.200. The molecule has 0 spiro atoms. The van der Waals surface area contributed by atoms with Crippen LogP contribution in [0.2, 0.25) is 0 Å². The second-order valence-corrected chi connectivity index (χ2v) is 4.58. The Hall–Kier alpha value is -3.12. The molecule has 100 valence electrons. The van der Waals surface area contributed by atoms with Crippen molar-refractivity contribution in [2.45, 2.75) is 0 Å². The molecule has 21 heavy (non-hydrogen) atoms. The number of nitrogens with zero attached hydrogens (tertiary/aromatic N) is 1. The second-order valence-electron chi connectivity index (χ2n) is 4.58. The number of hydrogen-bond donors (Lipinski definition) is 0. The summed E-state index contributed by atoms with van der Waals surface area (Å²) in [6, 6.07) is 18.3. The van der Waals surface area contributed by atoms with Gasteiger partial charge in [0.15, 0.2) is 5.76 Å². The van der Waals surface area contributed by atoms with Crippen LogP contribution in [0.25, 0.3) is 17.0 Å². The zero-order chi connectivity index (χ0) is 14.7. The molecule has 3 nitrogen and oxygen atoms in total. The van der Waals surface area contributed by atoms with E-state index in [4.69, 9.17) is 9.68 Å². The van der Waals surface area contributed by atoms with Crippen molar-refractivity contribution in [2.75, 3.05) is 0 Å². The third kappa shape index (κ3) is 2.75. The zero-order valence-electron chi connectivity index (χ0n) is 11.1. The van der Waals surface area contributed by atoms with E-state index < -0.39 is 0 Å². The van der Waals surface area contributed by atoms with Gasteiger partial charge in [0.25, 0.3) is 0 Å². The molecule has 0 aliphatic heterocycles. The van der Waals surface area contributed by atoms with E-state index in [1.54, 1.807) is 30.3 Å². The highest BCUT2D eigenvalue weighted by Gasteiger charge is 2.08. The number of nitriles is 1. The van der Waals surface area contributed by atoms with E-state index in [0.717, 1.165) is 10.9 Å². The molecule has 1 aromatic heterocycles. The fourth-order valence-electron chi connectivity index (χ4n) is 2.07. The van der Waals surface area contributed by atoms with Gasteiger partial charge in [0.05, 0.1) is 11.6 Å². The molecule has 0 amide bonds. The first-order valence-corrected chi connectivity index (χ1v) is 6.47. The first-order chi connectivity index (χ1) is 10.3. The number of fused-ring (bicyclic) bond motifs is 1. The lowest BCUT2D eigenvalue weighted by Crippen LogP contribution is -1.90. The normalized spacial score (nSPS) is 10.8. The summed E-state index contributed by atoms with van der Waals surface area (Å²) < 4.78 is 5.51. The molecule has 2 aromatic carbocycles. The maximum Gasteiger partial charge on any atom is 0.221 e. The van der Waals surface area contributed by atoms with E-state index in [9.17, 15) is 4.79 Å². The second kappa shape index (κ2) is 5.48. The molecule has 0 radical (unpaired) electrons. The number of ketones is 1. The molecule has 0 atom stereocenters. The summed E-state index contributed by atoms with van der Waals surface area (Å²) in [6.45, 7) is 0. The Bertz CT molecular complexity index is 848. The molecule has 3 aromatic rings. The molecule has 0 saturated carbocycles. The molecule has 0 N–H and O–H groups in total. The molecule has 0 aliphatic rings. The summed E-state index contributed by atoms with van der Waals surface area (Å²) in [4.78, 5) is 12.1. The highest BCUT2D eigenvalue weighted by Crippen LogP contribution is 2.19.